The van der Waals surface area contributed by atoms with E-state index in [1.165, 1.54) is 18.4 Å². The fourth-order valence-corrected chi connectivity index (χ4v) is 3.49. The summed E-state index contributed by atoms with van der Waals surface area (Å²) in [5, 5.41) is 0. The number of aromatic nitrogens is 2. The van der Waals surface area contributed by atoms with Crippen molar-refractivity contribution in [3.63, 3.8) is 0 Å². The van der Waals surface area contributed by atoms with E-state index < -0.39 is 0 Å². The molecule has 4 rings (SSSR count). The van der Waals surface area contributed by atoms with Gasteiger partial charge in [0, 0.05) is 37.2 Å². The van der Waals surface area contributed by atoms with Crippen LogP contribution in [0.2, 0.25) is 0 Å². The quantitative estimate of drug-likeness (QED) is 0.698. The van der Waals surface area contributed by atoms with Crippen LogP contribution in [-0.4, -0.2) is 33.9 Å². The predicted molar refractivity (Wildman–Crippen MR) is 98.7 cm³/mol. The first-order chi connectivity index (χ1) is 13.1. The molecule has 0 N–H and O–H groups in total. The van der Waals surface area contributed by atoms with Crippen molar-refractivity contribution in [2.24, 2.45) is 0 Å². The van der Waals surface area contributed by atoms with Crippen LogP contribution in [0.1, 0.15) is 40.8 Å². The summed E-state index contributed by atoms with van der Waals surface area (Å²) < 4.78 is 18.3. The number of likely N-dealkylation sites (tertiary alicyclic amines) is 1. The van der Waals surface area contributed by atoms with Crippen LogP contribution in [0.15, 0.2) is 53.1 Å². The number of nitrogens with zero attached hydrogens (tertiary/aromatic N) is 3. The minimum Gasteiger partial charge on any atom is -0.448 e. The van der Waals surface area contributed by atoms with Crippen molar-refractivity contribution >= 4 is 5.91 Å². The van der Waals surface area contributed by atoms with Gasteiger partial charge in [0.1, 0.15) is 12.1 Å². The zero-order chi connectivity index (χ0) is 18.8. The zero-order valence-electron chi connectivity index (χ0n) is 15.1. The third-order valence-electron chi connectivity index (χ3n) is 4.88. The van der Waals surface area contributed by atoms with E-state index in [1.54, 1.807) is 19.1 Å². The summed E-state index contributed by atoms with van der Waals surface area (Å²) in [4.78, 5) is 23.4. The monoisotopic (exact) mass is 365 g/mol. The average Bonchev–Trinajstić information content (AvgIpc) is 3.14. The standard InChI is InChI=1S/C21H20FN3O2/c1-14-23-20(13-27-14)21(26)25-11-3-4-16(12-25)19-6-2-5-18(24-19)15-7-9-17(22)10-8-15/h2,5-10,13,16H,3-4,11-12H2,1H3/t16-/m1/s1. The van der Waals surface area contributed by atoms with Crippen LogP contribution in [0.25, 0.3) is 11.3 Å². The zero-order valence-corrected chi connectivity index (χ0v) is 15.1. The summed E-state index contributed by atoms with van der Waals surface area (Å²) in [6, 6.07) is 12.2. The van der Waals surface area contributed by atoms with Crippen molar-refractivity contribution in [3.05, 3.63) is 71.8 Å². The topological polar surface area (TPSA) is 59.2 Å². The molecule has 1 aliphatic rings. The number of oxazole rings is 1. The van der Waals surface area contributed by atoms with E-state index in [-0.39, 0.29) is 17.6 Å². The molecule has 1 aliphatic heterocycles. The Morgan fingerprint density at radius 1 is 1.19 bits per heavy atom. The van der Waals surface area contributed by atoms with Crippen molar-refractivity contribution in [1.82, 2.24) is 14.9 Å². The minimum absolute atomic E-state index is 0.105. The Kier molecular flexibility index (Phi) is 4.71. The van der Waals surface area contributed by atoms with Crippen LogP contribution in [-0.2, 0) is 0 Å². The molecule has 0 bridgehead atoms. The number of halogens is 1. The molecule has 0 radical (unpaired) electrons. The van der Waals surface area contributed by atoms with Gasteiger partial charge >= 0.3 is 0 Å². The molecule has 138 valence electrons. The maximum Gasteiger partial charge on any atom is 0.275 e. The van der Waals surface area contributed by atoms with Crippen LogP contribution >= 0.6 is 0 Å². The number of rotatable bonds is 3. The summed E-state index contributed by atoms with van der Waals surface area (Å²) in [6.45, 7) is 3.03. The summed E-state index contributed by atoms with van der Waals surface area (Å²) in [5.74, 6) is 0.280. The van der Waals surface area contributed by atoms with Crippen LogP contribution in [0.5, 0.6) is 0 Å². The van der Waals surface area contributed by atoms with Crippen molar-refractivity contribution in [2.75, 3.05) is 13.1 Å². The van der Waals surface area contributed by atoms with Crippen LogP contribution in [0, 0.1) is 12.7 Å². The molecule has 1 aromatic carbocycles. The lowest BCUT2D eigenvalue weighted by Gasteiger charge is -2.32. The van der Waals surface area contributed by atoms with Crippen molar-refractivity contribution in [1.29, 1.82) is 0 Å². The molecule has 2 aromatic heterocycles. The number of amides is 1. The summed E-state index contributed by atoms with van der Waals surface area (Å²) in [7, 11) is 0. The Balaban J connectivity index is 1.54. The van der Waals surface area contributed by atoms with Crippen LogP contribution in [0.4, 0.5) is 4.39 Å². The van der Waals surface area contributed by atoms with E-state index >= 15 is 0 Å². The molecular formula is C21H20FN3O2. The maximum absolute atomic E-state index is 13.2. The fraction of sp³-hybridized carbons (Fsp3) is 0.286. The number of aryl methyl sites for hydroxylation is 1. The van der Waals surface area contributed by atoms with Gasteiger partial charge in [0.05, 0.1) is 5.69 Å². The highest BCUT2D eigenvalue weighted by Crippen LogP contribution is 2.28. The fourth-order valence-electron chi connectivity index (χ4n) is 3.49. The number of benzene rings is 1. The van der Waals surface area contributed by atoms with E-state index in [0.29, 0.717) is 24.7 Å². The molecule has 3 heterocycles. The van der Waals surface area contributed by atoms with Crippen LogP contribution < -0.4 is 0 Å². The van der Waals surface area contributed by atoms with Gasteiger partial charge in [-0.1, -0.05) is 6.07 Å². The van der Waals surface area contributed by atoms with Gasteiger partial charge in [0.2, 0.25) is 0 Å². The van der Waals surface area contributed by atoms with Gasteiger partial charge < -0.3 is 9.32 Å². The summed E-state index contributed by atoms with van der Waals surface area (Å²) in [5.41, 5.74) is 2.98. The highest BCUT2D eigenvalue weighted by molar-refractivity contribution is 5.92. The summed E-state index contributed by atoms with van der Waals surface area (Å²) in [6.07, 6.45) is 3.30. The molecule has 27 heavy (non-hydrogen) atoms. The third kappa shape index (κ3) is 3.74. The van der Waals surface area contributed by atoms with Crippen molar-refractivity contribution in [3.8, 4) is 11.3 Å². The molecule has 1 atom stereocenters. The van der Waals surface area contributed by atoms with Crippen LogP contribution in [0.3, 0.4) is 0 Å². The first-order valence-corrected chi connectivity index (χ1v) is 9.04. The van der Waals surface area contributed by atoms with Gasteiger partial charge in [-0.2, -0.15) is 0 Å². The second-order valence-corrected chi connectivity index (χ2v) is 6.80. The summed E-state index contributed by atoms with van der Waals surface area (Å²) >= 11 is 0. The first-order valence-electron chi connectivity index (χ1n) is 9.04. The lowest BCUT2D eigenvalue weighted by Crippen LogP contribution is -2.39. The second kappa shape index (κ2) is 7.31. The molecule has 1 amide bonds. The van der Waals surface area contributed by atoms with Crippen molar-refractivity contribution in [2.45, 2.75) is 25.7 Å². The molecular weight excluding hydrogens is 345 g/mol. The Morgan fingerprint density at radius 3 is 2.74 bits per heavy atom. The van der Waals surface area contributed by atoms with E-state index in [0.717, 1.165) is 29.8 Å². The molecule has 5 nitrogen and oxygen atoms in total. The van der Waals surface area contributed by atoms with Gasteiger partial charge in [-0.3, -0.25) is 9.78 Å². The number of pyridine rings is 1. The highest BCUT2D eigenvalue weighted by atomic mass is 19.1. The van der Waals surface area contributed by atoms with Gasteiger partial charge in [-0.05, 0) is 49.2 Å². The van der Waals surface area contributed by atoms with Gasteiger partial charge in [-0.25, -0.2) is 9.37 Å². The average molecular weight is 365 g/mol. The lowest BCUT2D eigenvalue weighted by molar-refractivity contribution is 0.0700. The molecule has 1 fully saturated rings. The Hall–Kier alpha value is -3.02. The largest absolute Gasteiger partial charge is 0.448 e. The number of hydrogen-bond donors (Lipinski definition) is 0. The van der Waals surface area contributed by atoms with E-state index in [4.69, 9.17) is 9.40 Å². The van der Waals surface area contributed by atoms with E-state index in [9.17, 15) is 9.18 Å². The normalized spacial score (nSPS) is 17.1. The smallest absolute Gasteiger partial charge is 0.275 e. The molecule has 6 heteroatoms. The first kappa shape index (κ1) is 17.4. The number of carbonyl (C=O) groups is 1. The number of piperidine rings is 1. The molecule has 0 spiro atoms. The highest BCUT2D eigenvalue weighted by Gasteiger charge is 2.27. The molecule has 3 aromatic rings. The van der Waals surface area contributed by atoms with Gasteiger partial charge in [0.25, 0.3) is 5.91 Å². The van der Waals surface area contributed by atoms with Gasteiger partial charge in [0.15, 0.2) is 11.6 Å². The maximum atomic E-state index is 13.2. The minimum atomic E-state index is -0.264. The second-order valence-electron chi connectivity index (χ2n) is 6.80. The number of hydrogen-bond acceptors (Lipinski definition) is 4. The Labute approximate surface area is 156 Å². The SMILES string of the molecule is Cc1nc(C(=O)N2CCC[C@@H](c3cccc(-c4ccc(F)cc4)n3)C2)co1. The predicted octanol–water partition coefficient (Wildman–Crippen LogP) is 4.20. The Morgan fingerprint density at radius 2 is 2.00 bits per heavy atom. The lowest BCUT2D eigenvalue weighted by atomic mass is 9.93. The molecule has 0 aliphatic carbocycles. The number of carbonyl (C=O) groups excluding carboxylic acids is 1. The van der Waals surface area contributed by atoms with E-state index in [1.807, 2.05) is 23.1 Å². The van der Waals surface area contributed by atoms with E-state index in [2.05, 4.69) is 4.98 Å². The van der Waals surface area contributed by atoms with Gasteiger partial charge in [-0.15, -0.1) is 0 Å². The molecule has 1 saturated heterocycles. The Bertz CT molecular complexity index is 952. The molecule has 0 unspecified atom stereocenters. The van der Waals surface area contributed by atoms with Crippen molar-refractivity contribution < 1.29 is 13.6 Å². The third-order valence-corrected chi connectivity index (χ3v) is 4.88. The molecule has 0 saturated carbocycles.